The van der Waals surface area contributed by atoms with Gasteiger partial charge in [-0.25, -0.2) is 9.67 Å². The fourth-order valence-electron chi connectivity index (χ4n) is 2.72. The van der Waals surface area contributed by atoms with Crippen LogP contribution in [0.4, 0.5) is 0 Å². The number of carbonyl (C=O) groups is 1. The first-order valence-electron chi connectivity index (χ1n) is 8.49. The van der Waals surface area contributed by atoms with E-state index in [2.05, 4.69) is 15.4 Å². The van der Waals surface area contributed by atoms with Crippen LogP contribution in [0.5, 0.6) is 0 Å². The molecule has 0 aliphatic carbocycles. The lowest BCUT2D eigenvalue weighted by Gasteiger charge is -2.10. The minimum atomic E-state index is -0.515. The second-order valence-electron chi connectivity index (χ2n) is 6.08. The topological polar surface area (TPSA) is 80.0 Å². The lowest BCUT2D eigenvalue weighted by molar-refractivity contribution is 0.0910. The van der Waals surface area contributed by atoms with Crippen LogP contribution in [0.1, 0.15) is 35.7 Å². The van der Waals surface area contributed by atoms with E-state index >= 15 is 0 Å². The van der Waals surface area contributed by atoms with Crippen LogP contribution < -0.4 is 5.32 Å². The highest BCUT2D eigenvalue weighted by Crippen LogP contribution is 2.14. The second-order valence-corrected chi connectivity index (χ2v) is 6.08. The Bertz CT molecular complexity index is 845. The van der Waals surface area contributed by atoms with Crippen molar-refractivity contribution >= 4 is 16.9 Å². The number of hydrogen-bond acceptors (Lipinski definition) is 4. The Hall–Kier alpha value is -2.73. The van der Waals surface area contributed by atoms with Crippen LogP contribution in [-0.2, 0) is 6.54 Å². The third-order valence-corrected chi connectivity index (χ3v) is 4.03. The summed E-state index contributed by atoms with van der Waals surface area (Å²) in [6.45, 7) is 2.88. The van der Waals surface area contributed by atoms with Gasteiger partial charge < -0.3 is 10.4 Å². The Morgan fingerprint density at radius 1 is 1.28 bits per heavy atom. The molecule has 25 heavy (non-hydrogen) atoms. The molecule has 3 aromatic rings. The van der Waals surface area contributed by atoms with E-state index in [1.807, 2.05) is 41.9 Å². The van der Waals surface area contributed by atoms with E-state index in [1.54, 1.807) is 18.5 Å². The zero-order valence-electron chi connectivity index (χ0n) is 14.2. The number of pyridine rings is 1. The predicted octanol–water partition coefficient (Wildman–Crippen LogP) is 2.37. The van der Waals surface area contributed by atoms with E-state index in [1.165, 1.54) is 0 Å². The highest BCUT2D eigenvalue weighted by Gasteiger charge is 2.12. The van der Waals surface area contributed by atoms with E-state index in [0.717, 1.165) is 23.0 Å². The van der Waals surface area contributed by atoms with Gasteiger partial charge >= 0.3 is 0 Å². The summed E-state index contributed by atoms with van der Waals surface area (Å²) in [5.41, 5.74) is 2.35. The molecule has 1 amide bonds. The lowest BCUT2D eigenvalue weighted by atomic mass is 10.2. The first kappa shape index (κ1) is 17.1. The Morgan fingerprint density at radius 3 is 2.84 bits per heavy atom. The number of hydrogen-bond donors (Lipinski definition) is 2. The Morgan fingerprint density at radius 2 is 2.08 bits per heavy atom. The molecule has 2 aromatic heterocycles. The summed E-state index contributed by atoms with van der Waals surface area (Å²) < 4.78 is 1.82. The molecule has 0 spiro atoms. The van der Waals surface area contributed by atoms with Gasteiger partial charge in [-0.2, -0.15) is 5.10 Å². The highest BCUT2D eigenvalue weighted by molar-refractivity contribution is 5.96. The van der Waals surface area contributed by atoms with Crippen molar-refractivity contribution in [3.05, 3.63) is 59.9 Å². The number of rotatable bonds is 7. The number of benzene rings is 1. The molecule has 0 saturated heterocycles. The summed E-state index contributed by atoms with van der Waals surface area (Å²) >= 11 is 0. The van der Waals surface area contributed by atoms with Gasteiger partial charge in [-0.05, 0) is 18.1 Å². The molecule has 0 fully saturated rings. The largest absolute Gasteiger partial charge is 0.391 e. The third-order valence-electron chi connectivity index (χ3n) is 4.03. The zero-order valence-corrected chi connectivity index (χ0v) is 14.2. The van der Waals surface area contributed by atoms with Crippen molar-refractivity contribution in [2.24, 2.45) is 0 Å². The number of aliphatic hydroxyl groups excluding tert-OH is 1. The van der Waals surface area contributed by atoms with Gasteiger partial charge in [-0.3, -0.25) is 4.79 Å². The number of amides is 1. The number of aromatic nitrogens is 3. The fraction of sp³-hybridized carbons (Fsp3) is 0.316. The van der Waals surface area contributed by atoms with E-state index in [0.29, 0.717) is 18.5 Å². The van der Waals surface area contributed by atoms with Crippen LogP contribution in [0.25, 0.3) is 11.0 Å². The lowest BCUT2D eigenvalue weighted by Crippen LogP contribution is -2.32. The number of fused-ring (bicyclic) bond motifs is 1. The second kappa shape index (κ2) is 7.90. The molecular formula is C19H22N4O2. The number of nitrogens with one attached hydrogen (secondary N) is 1. The van der Waals surface area contributed by atoms with Gasteiger partial charge in [-0.1, -0.05) is 43.7 Å². The molecule has 0 aliphatic rings. The molecule has 2 heterocycles. The average Bonchev–Trinajstić information content (AvgIpc) is 3.03. The molecule has 6 nitrogen and oxygen atoms in total. The third kappa shape index (κ3) is 4.22. The molecule has 3 rings (SSSR count). The van der Waals surface area contributed by atoms with Crippen molar-refractivity contribution in [3.8, 4) is 0 Å². The molecule has 1 aromatic carbocycles. The number of carbonyl (C=O) groups excluding carboxylic acids is 1. The summed E-state index contributed by atoms with van der Waals surface area (Å²) in [5, 5.41) is 17.6. The van der Waals surface area contributed by atoms with Crippen LogP contribution in [0.15, 0.2) is 48.8 Å². The van der Waals surface area contributed by atoms with Gasteiger partial charge in [0.15, 0.2) is 5.65 Å². The Balaban J connectivity index is 1.72. The Kier molecular flexibility index (Phi) is 5.40. The van der Waals surface area contributed by atoms with Crippen LogP contribution in [-0.4, -0.2) is 38.4 Å². The van der Waals surface area contributed by atoms with E-state index in [4.69, 9.17) is 0 Å². The smallest absolute Gasteiger partial charge is 0.252 e. The summed E-state index contributed by atoms with van der Waals surface area (Å²) in [6, 6.07) is 11.8. The summed E-state index contributed by atoms with van der Waals surface area (Å²) in [7, 11) is 0. The van der Waals surface area contributed by atoms with Gasteiger partial charge in [0.2, 0.25) is 0 Å². The van der Waals surface area contributed by atoms with Crippen molar-refractivity contribution in [2.45, 2.75) is 32.4 Å². The van der Waals surface area contributed by atoms with E-state index in [-0.39, 0.29) is 12.5 Å². The van der Waals surface area contributed by atoms with Crippen LogP contribution >= 0.6 is 0 Å². The van der Waals surface area contributed by atoms with Crippen molar-refractivity contribution < 1.29 is 9.90 Å². The molecule has 1 unspecified atom stereocenters. The molecule has 0 saturated carbocycles. The monoisotopic (exact) mass is 338 g/mol. The van der Waals surface area contributed by atoms with Crippen molar-refractivity contribution in [1.82, 2.24) is 20.1 Å². The van der Waals surface area contributed by atoms with Crippen LogP contribution in [0.2, 0.25) is 0 Å². The molecule has 1 atom stereocenters. The van der Waals surface area contributed by atoms with Gasteiger partial charge in [0.1, 0.15) is 0 Å². The van der Waals surface area contributed by atoms with E-state index < -0.39 is 6.10 Å². The molecule has 0 aliphatic heterocycles. The van der Waals surface area contributed by atoms with Crippen molar-refractivity contribution in [1.29, 1.82) is 0 Å². The molecular weight excluding hydrogens is 316 g/mol. The number of nitrogens with zero attached hydrogens (tertiary/aromatic N) is 3. The number of aliphatic hydroxyl groups is 1. The highest BCUT2D eigenvalue weighted by atomic mass is 16.3. The zero-order chi connectivity index (χ0) is 17.6. The van der Waals surface area contributed by atoms with Crippen LogP contribution in [0, 0.1) is 0 Å². The Labute approximate surface area is 146 Å². The molecule has 130 valence electrons. The molecule has 0 radical (unpaired) electrons. The SMILES string of the molecule is CCCC(O)CNC(=O)c1cnc2c(cnn2Cc2ccccc2)c1. The maximum Gasteiger partial charge on any atom is 0.252 e. The quantitative estimate of drug-likeness (QED) is 0.693. The average molecular weight is 338 g/mol. The van der Waals surface area contributed by atoms with Crippen molar-refractivity contribution in [2.75, 3.05) is 6.54 Å². The standard InChI is InChI=1S/C19H22N4O2/c1-2-6-17(24)12-21-19(25)16-9-15-11-22-23(18(15)20-10-16)13-14-7-4-3-5-8-14/h3-5,7-11,17,24H,2,6,12-13H2,1H3,(H,21,25). The van der Waals surface area contributed by atoms with Gasteiger partial charge in [0.25, 0.3) is 5.91 Å². The van der Waals surface area contributed by atoms with Crippen LogP contribution in [0.3, 0.4) is 0 Å². The maximum absolute atomic E-state index is 12.2. The minimum absolute atomic E-state index is 0.236. The first-order chi connectivity index (χ1) is 12.2. The van der Waals surface area contributed by atoms with Gasteiger partial charge in [0.05, 0.1) is 24.4 Å². The fourth-order valence-corrected chi connectivity index (χ4v) is 2.72. The molecule has 0 bridgehead atoms. The predicted molar refractivity (Wildman–Crippen MR) is 96.3 cm³/mol. The normalized spacial score (nSPS) is 12.2. The molecule has 2 N–H and O–H groups in total. The first-order valence-corrected chi connectivity index (χ1v) is 8.49. The van der Waals surface area contributed by atoms with Gasteiger partial charge in [-0.15, -0.1) is 0 Å². The maximum atomic E-state index is 12.2. The molecule has 6 heteroatoms. The minimum Gasteiger partial charge on any atom is -0.391 e. The summed E-state index contributed by atoms with van der Waals surface area (Å²) in [4.78, 5) is 16.6. The van der Waals surface area contributed by atoms with Crippen molar-refractivity contribution in [3.63, 3.8) is 0 Å². The van der Waals surface area contributed by atoms with Gasteiger partial charge in [0, 0.05) is 18.1 Å². The summed E-state index contributed by atoms with van der Waals surface area (Å²) in [5.74, 6) is -0.236. The van der Waals surface area contributed by atoms with E-state index in [9.17, 15) is 9.90 Å². The summed E-state index contributed by atoms with van der Waals surface area (Å²) in [6.07, 6.45) is 4.30.